The monoisotopic (exact) mass is 928 g/mol. The highest BCUT2D eigenvalue weighted by Crippen LogP contribution is 2.42. The number of rotatable bonds is 12. The molecule has 1 saturated carbocycles. The fourth-order valence-corrected chi connectivity index (χ4v) is 12.5. The van der Waals surface area contributed by atoms with Crippen molar-refractivity contribution in [2.24, 2.45) is 11.8 Å². The number of ether oxygens (including phenoxy) is 1. The van der Waals surface area contributed by atoms with E-state index in [0.717, 1.165) is 103 Å². The van der Waals surface area contributed by atoms with Crippen LogP contribution in [-0.4, -0.2) is 122 Å². The van der Waals surface area contributed by atoms with Gasteiger partial charge in [0.15, 0.2) is 5.65 Å². The molecule has 5 aliphatic heterocycles. The Morgan fingerprint density at radius 2 is 1.79 bits per heavy atom. The van der Waals surface area contributed by atoms with Gasteiger partial charge >= 0.3 is 0 Å². The Hall–Kier alpha value is -5.82. The van der Waals surface area contributed by atoms with Crippen molar-refractivity contribution in [3.63, 3.8) is 0 Å². The second kappa shape index (κ2) is 17.4. The van der Waals surface area contributed by atoms with E-state index in [-0.39, 0.29) is 30.4 Å². The number of aromatic nitrogens is 4. The molecule has 2 bridgehead atoms. The minimum atomic E-state index is -1.23. The molecule has 0 radical (unpaired) electrons. The Kier molecular flexibility index (Phi) is 11.3. The summed E-state index contributed by atoms with van der Waals surface area (Å²) in [7, 11) is 0. The number of imide groups is 2. The predicted molar refractivity (Wildman–Crippen MR) is 251 cm³/mol. The Morgan fingerprint density at radius 3 is 2.54 bits per heavy atom. The molecule has 1 aliphatic carbocycles. The number of benzene rings is 2. The molecule has 11 rings (SSSR count). The molecule has 5 fully saturated rings. The summed E-state index contributed by atoms with van der Waals surface area (Å²) in [6, 6.07) is 10.3. The topological polar surface area (TPSA) is 204 Å². The first-order chi connectivity index (χ1) is 32.3. The molecule has 5 aromatic rings. The van der Waals surface area contributed by atoms with E-state index in [0.29, 0.717) is 70.7 Å². The SMILES string of the molecule is CC(C)(O)c1cc2nc([C@H]3CC[C@H](CN4CCC(CCNc5cccc6c5C(=O)N(C5CCC(=O)NC5=O)C6=O)CC4)CC3)sc2cc1NC(=O)c1cnn2ccc(N3C[C@H]4C[C@@H]3CO4)nc12. The number of carbonyl (C=O) groups excluding carboxylic acids is 5. The van der Waals surface area contributed by atoms with Crippen molar-refractivity contribution in [2.75, 3.05) is 54.9 Å². The summed E-state index contributed by atoms with van der Waals surface area (Å²) in [5, 5.41) is 25.6. The summed E-state index contributed by atoms with van der Waals surface area (Å²) in [6.07, 6.45) is 12.4. The molecule has 67 heavy (non-hydrogen) atoms. The fraction of sp³-hybridized carbons (Fsp3) is 0.510. The number of anilines is 3. The van der Waals surface area contributed by atoms with E-state index in [2.05, 4.69) is 30.8 Å². The highest BCUT2D eigenvalue weighted by molar-refractivity contribution is 7.18. The van der Waals surface area contributed by atoms with Gasteiger partial charge in [0.05, 0.1) is 56.9 Å². The standard InChI is InChI=1S/C49H56N10O7S/c1-49(2,65)34-21-37-39(22-36(34)52-44(61)33-23-51-58-19-15-40(54-43(33)58)57-25-31-20-30(57)26-66-31)67-46(53-37)29-8-6-28(7-9-29)24-56-17-13-27(14-18-56)12-16-50-35-5-3-4-32-42(35)48(64)59(47(32)63)38-10-11-41(60)55-45(38)62/h3-5,15,19,21-23,27-31,38,50,65H,6-14,16-18,20,24-26H2,1-2H3,(H,52,61)(H,55,60,62)/t28-,29-,30-,31-,38?/m1/s1. The first-order valence-corrected chi connectivity index (χ1v) is 24.7. The first kappa shape index (κ1) is 43.7. The van der Waals surface area contributed by atoms with E-state index in [9.17, 15) is 29.1 Å². The molecular formula is C49H56N10O7S. The van der Waals surface area contributed by atoms with Crippen molar-refractivity contribution in [1.82, 2.24) is 34.7 Å². The van der Waals surface area contributed by atoms with Crippen molar-refractivity contribution < 1.29 is 33.8 Å². The van der Waals surface area contributed by atoms with E-state index >= 15 is 0 Å². The van der Waals surface area contributed by atoms with Gasteiger partial charge in [0, 0.05) is 55.1 Å². The van der Waals surface area contributed by atoms with Gasteiger partial charge in [-0.05, 0) is 127 Å². The van der Waals surface area contributed by atoms with Crippen LogP contribution in [0.1, 0.15) is 126 Å². The Labute approximate surface area is 391 Å². The van der Waals surface area contributed by atoms with Gasteiger partial charge in [-0.3, -0.25) is 34.2 Å². The average molecular weight is 929 g/mol. The molecule has 4 saturated heterocycles. The van der Waals surface area contributed by atoms with Gasteiger partial charge < -0.3 is 30.3 Å². The Morgan fingerprint density at radius 1 is 0.970 bits per heavy atom. The number of carbonyl (C=O) groups is 5. The average Bonchev–Trinajstić information content (AvgIpc) is 4.16. The molecule has 0 spiro atoms. The second-order valence-electron chi connectivity index (χ2n) is 19.9. The third kappa shape index (κ3) is 8.35. The summed E-state index contributed by atoms with van der Waals surface area (Å²) in [5.41, 5.74) is 2.76. The third-order valence-corrected chi connectivity index (χ3v) is 16.2. The van der Waals surface area contributed by atoms with Gasteiger partial charge in [-0.15, -0.1) is 11.3 Å². The number of fused-ring (bicyclic) bond motifs is 5. The Balaban J connectivity index is 0.669. The first-order valence-electron chi connectivity index (χ1n) is 23.9. The maximum Gasteiger partial charge on any atom is 0.264 e. The van der Waals surface area contributed by atoms with E-state index in [1.807, 2.05) is 30.5 Å². The lowest BCUT2D eigenvalue weighted by molar-refractivity contribution is -0.136. The third-order valence-electron chi connectivity index (χ3n) is 15.0. The van der Waals surface area contributed by atoms with Gasteiger partial charge in [0.1, 0.15) is 17.4 Å². The number of likely N-dealkylation sites (tertiary alicyclic amines) is 1. The number of thiazole rings is 1. The van der Waals surface area contributed by atoms with Gasteiger partial charge in [-0.25, -0.2) is 14.5 Å². The minimum absolute atomic E-state index is 0.0866. The van der Waals surface area contributed by atoms with Crippen molar-refractivity contribution in [1.29, 1.82) is 0 Å². The van der Waals surface area contributed by atoms with Crippen LogP contribution in [0.4, 0.5) is 17.2 Å². The quantitative estimate of drug-likeness (QED) is 0.111. The van der Waals surface area contributed by atoms with E-state index in [1.165, 1.54) is 0 Å². The van der Waals surface area contributed by atoms with Gasteiger partial charge in [-0.2, -0.15) is 5.10 Å². The number of morpholine rings is 1. The fourth-order valence-electron chi connectivity index (χ4n) is 11.3. The molecule has 1 unspecified atom stereocenters. The molecule has 6 aliphatic rings. The lowest BCUT2D eigenvalue weighted by atomic mass is 9.81. The summed E-state index contributed by atoms with van der Waals surface area (Å²) < 4.78 is 8.37. The molecule has 8 heterocycles. The molecule has 17 nitrogen and oxygen atoms in total. The minimum Gasteiger partial charge on any atom is -0.386 e. The molecule has 3 aromatic heterocycles. The summed E-state index contributed by atoms with van der Waals surface area (Å²) >= 11 is 1.68. The van der Waals surface area contributed by atoms with Crippen LogP contribution < -0.4 is 20.9 Å². The lowest BCUT2D eigenvalue weighted by Gasteiger charge is -2.36. The number of nitrogens with zero attached hydrogens (tertiary/aromatic N) is 7. The van der Waals surface area contributed by atoms with Crippen molar-refractivity contribution in [3.05, 3.63) is 76.1 Å². The van der Waals surface area contributed by atoms with Gasteiger partial charge in [0.25, 0.3) is 17.7 Å². The molecule has 18 heteroatoms. The summed E-state index contributed by atoms with van der Waals surface area (Å²) in [5.74, 6) is 0.0337. The van der Waals surface area contributed by atoms with Crippen LogP contribution in [0, 0.1) is 11.8 Å². The smallest absolute Gasteiger partial charge is 0.264 e. The van der Waals surface area contributed by atoms with Gasteiger partial charge in [0.2, 0.25) is 11.8 Å². The van der Waals surface area contributed by atoms with Crippen LogP contribution in [0.25, 0.3) is 15.9 Å². The van der Waals surface area contributed by atoms with Crippen LogP contribution in [-0.2, 0) is 19.9 Å². The highest BCUT2D eigenvalue weighted by Gasteiger charge is 2.46. The molecule has 4 N–H and O–H groups in total. The van der Waals surface area contributed by atoms with Crippen LogP contribution in [0.15, 0.2) is 48.8 Å². The maximum atomic E-state index is 13.9. The second-order valence-corrected chi connectivity index (χ2v) is 21.0. The van der Waals surface area contributed by atoms with Crippen molar-refractivity contribution in [3.8, 4) is 0 Å². The number of nitrogens with one attached hydrogen (secondary N) is 3. The van der Waals surface area contributed by atoms with Crippen LogP contribution in [0.3, 0.4) is 0 Å². The molecule has 3 atom stereocenters. The van der Waals surface area contributed by atoms with E-state index < -0.39 is 35.3 Å². The number of hydrogen-bond acceptors (Lipinski definition) is 14. The normalized spacial score (nSPS) is 24.9. The van der Waals surface area contributed by atoms with Gasteiger partial charge in [-0.1, -0.05) is 6.07 Å². The molecule has 2 aromatic carbocycles. The zero-order valence-corrected chi connectivity index (χ0v) is 38.6. The zero-order valence-electron chi connectivity index (χ0n) is 37.8. The van der Waals surface area contributed by atoms with E-state index in [4.69, 9.17) is 14.7 Å². The van der Waals surface area contributed by atoms with Crippen molar-refractivity contribution >= 4 is 73.9 Å². The number of hydrogen-bond donors (Lipinski definition) is 4. The van der Waals surface area contributed by atoms with E-state index in [1.54, 1.807) is 48.0 Å². The van der Waals surface area contributed by atoms with Crippen molar-refractivity contribution in [2.45, 2.75) is 108 Å². The number of aliphatic hydroxyl groups is 1. The maximum absolute atomic E-state index is 13.9. The molecule has 350 valence electrons. The lowest BCUT2D eigenvalue weighted by Crippen LogP contribution is -2.54. The van der Waals surface area contributed by atoms with Crippen LogP contribution in [0.2, 0.25) is 0 Å². The Bertz CT molecular complexity index is 2800. The zero-order chi connectivity index (χ0) is 46.1. The summed E-state index contributed by atoms with van der Waals surface area (Å²) in [4.78, 5) is 80.8. The largest absolute Gasteiger partial charge is 0.386 e. The highest BCUT2D eigenvalue weighted by atomic mass is 32.1. The van der Waals surface area contributed by atoms with Crippen LogP contribution in [0.5, 0.6) is 0 Å². The number of amides is 5. The molecular weight excluding hydrogens is 873 g/mol. The summed E-state index contributed by atoms with van der Waals surface area (Å²) in [6.45, 7) is 8.81. The van der Waals surface area contributed by atoms with Crippen LogP contribution >= 0.6 is 11.3 Å². The number of piperidine rings is 2. The predicted octanol–water partition coefficient (Wildman–Crippen LogP) is 5.69. The molecule has 5 amide bonds.